The van der Waals surface area contributed by atoms with Crippen LogP contribution in [-0.2, 0) is 24.8 Å². The maximum absolute atomic E-state index is 13.5. The van der Waals surface area contributed by atoms with E-state index in [1.165, 1.54) is 3.97 Å². The third-order valence-electron chi connectivity index (χ3n) is 7.93. The van der Waals surface area contributed by atoms with Crippen molar-refractivity contribution in [1.82, 2.24) is 18.2 Å². The number of benzene rings is 1. The van der Waals surface area contributed by atoms with Gasteiger partial charge in [-0.3, -0.25) is 0 Å². The average molecular weight is 603 g/mol. The Morgan fingerprint density at radius 2 is 1.54 bits per heavy atom. The van der Waals surface area contributed by atoms with E-state index in [-0.39, 0.29) is 10.8 Å². The van der Waals surface area contributed by atoms with Crippen molar-refractivity contribution in [3.63, 3.8) is 0 Å². The summed E-state index contributed by atoms with van der Waals surface area (Å²) >= 11 is 0. The van der Waals surface area contributed by atoms with Crippen LogP contribution in [0.3, 0.4) is 0 Å². The van der Waals surface area contributed by atoms with Crippen LogP contribution < -0.4 is 0 Å². The number of pyridine rings is 1. The smallest absolute Gasteiger partial charge is 0.410 e. The minimum absolute atomic E-state index is 0.0823. The first kappa shape index (κ1) is 29.5. The number of hydrogen-bond donors (Lipinski definition) is 0. The van der Waals surface area contributed by atoms with Gasteiger partial charge in [0.1, 0.15) is 5.60 Å². The Kier molecular flexibility index (Phi) is 7.95. The van der Waals surface area contributed by atoms with Crippen LogP contribution in [0.4, 0.5) is 4.79 Å². The van der Waals surface area contributed by atoms with Crippen molar-refractivity contribution in [2.24, 2.45) is 0 Å². The van der Waals surface area contributed by atoms with Crippen molar-refractivity contribution < 1.29 is 26.4 Å². The second-order valence-electron chi connectivity index (χ2n) is 12.0. The first-order valence-electron chi connectivity index (χ1n) is 14.0. The van der Waals surface area contributed by atoms with Crippen LogP contribution in [0.1, 0.15) is 63.5 Å². The van der Waals surface area contributed by atoms with E-state index in [0.29, 0.717) is 57.5 Å². The van der Waals surface area contributed by atoms with Gasteiger partial charge in [0.05, 0.1) is 10.1 Å². The number of amides is 1. The maximum atomic E-state index is 13.5. The van der Waals surface area contributed by atoms with Crippen molar-refractivity contribution in [2.45, 2.75) is 75.0 Å². The normalized spacial score (nSPS) is 18.6. The molecule has 2 fully saturated rings. The lowest BCUT2D eigenvalue weighted by molar-refractivity contribution is 0.0216. The van der Waals surface area contributed by atoms with E-state index in [1.54, 1.807) is 51.9 Å². The fraction of sp³-hybridized carbons (Fsp3) is 0.517. The van der Waals surface area contributed by atoms with Crippen molar-refractivity contribution in [3.8, 4) is 0 Å². The molecule has 0 aliphatic carbocycles. The molecule has 0 atom stereocenters. The predicted octanol–water partition coefficient (Wildman–Crippen LogP) is 4.49. The van der Waals surface area contributed by atoms with Crippen LogP contribution in [0.2, 0.25) is 0 Å². The SMILES string of the molecule is Cc1ccc(S(=O)(=O)n2ccc3c(C4CCN(S(=O)(=O)C5CCN(C(=O)OC(C)(C)C)CC5)CC4)ccnc32)cc1. The Morgan fingerprint density at radius 3 is 2.15 bits per heavy atom. The number of nitrogens with zero attached hydrogens (tertiary/aromatic N) is 4. The molecule has 10 nitrogen and oxygen atoms in total. The van der Waals surface area contributed by atoms with Gasteiger partial charge in [0.2, 0.25) is 10.0 Å². The Labute approximate surface area is 242 Å². The van der Waals surface area contributed by atoms with Gasteiger partial charge < -0.3 is 9.64 Å². The quantitative estimate of drug-likeness (QED) is 0.422. The number of carbonyl (C=O) groups is 1. The molecule has 2 aliphatic rings. The van der Waals surface area contributed by atoms with E-state index >= 15 is 0 Å². The number of ether oxygens (including phenoxy) is 1. The first-order valence-corrected chi connectivity index (χ1v) is 17.0. The average Bonchev–Trinajstić information content (AvgIpc) is 3.38. The Balaban J connectivity index is 1.26. The summed E-state index contributed by atoms with van der Waals surface area (Å²) in [6, 6.07) is 10.4. The van der Waals surface area contributed by atoms with Gasteiger partial charge >= 0.3 is 6.09 Å². The van der Waals surface area contributed by atoms with Crippen LogP contribution in [-0.4, -0.2) is 78.1 Å². The topological polar surface area (TPSA) is 119 Å². The lowest BCUT2D eigenvalue weighted by Crippen LogP contribution is -2.49. The molecule has 2 aliphatic heterocycles. The van der Waals surface area contributed by atoms with Crippen LogP contribution >= 0.6 is 0 Å². The Hall–Kier alpha value is -2.96. The molecule has 0 spiro atoms. The summed E-state index contributed by atoms with van der Waals surface area (Å²) < 4.78 is 61.9. The highest BCUT2D eigenvalue weighted by atomic mass is 32.2. The third-order valence-corrected chi connectivity index (χ3v) is 12.0. The number of aryl methyl sites for hydroxylation is 1. The van der Waals surface area contributed by atoms with Crippen LogP contribution in [0, 0.1) is 6.92 Å². The highest BCUT2D eigenvalue weighted by Gasteiger charge is 2.38. The van der Waals surface area contributed by atoms with Crippen LogP contribution in [0.25, 0.3) is 11.0 Å². The van der Waals surface area contributed by atoms with E-state index in [2.05, 4.69) is 4.98 Å². The van der Waals surface area contributed by atoms with Gasteiger partial charge in [-0.1, -0.05) is 17.7 Å². The molecule has 0 radical (unpaired) electrons. The molecule has 5 rings (SSSR count). The second-order valence-corrected chi connectivity index (χ2v) is 16.0. The zero-order valence-electron chi connectivity index (χ0n) is 24.0. The molecule has 1 aromatic carbocycles. The van der Waals surface area contributed by atoms with Crippen LogP contribution in [0.15, 0.2) is 53.7 Å². The fourth-order valence-corrected chi connectivity index (χ4v) is 8.95. The molecule has 0 bridgehead atoms. The zero-order valence-corrected chi connectivity index (χ0v) is 25.6. The van der Waals surface area contributed by atoms with Crippen molar-refractivity contribution in [1.29, 1.82) is 0 Å². The molecule has 0 N–H and O–H groups in total. The molecule has 1 amide bonds. The van der Waals surface area contributed by atoms with Crippen molar-refractivity contribution >= 4 is 37.2 Å². The van der Waals surface area contributed by atoms with Crippen molar-refractivity contribution in [2.75, 3.05) is 26.2 Å². The van der Waals surface area contributed by atoms with Gasteiger partial charge in [-0.25, -0.2) is 34.9 Å². The largest absolute Gasteiger partial charge is 0.444 e. The summed E-state index contributed by atoms with van der Waals surface area (Å²) in [7, 11) is -7.32. The molecule has 0 saturated carbocycles. The molecule has 0 unspecified atom stereocenters. The van der Waals surface area contributed by atoms with E-state index < -0.39 is 37.0 Å². The van der Waals surface area contributed by atoms with Crippen molar-refractivity contribution in [3.05, 3.63) is 59.9 Å². The highest BCUT2D eigenvalue weighted by molar-refractivity contribution is 7.90. The van der Waals surface area contributed by atoms with E-state index in [9.17, 15) is 21.6 Å². The summed E-state index contributed by atoms with van der Waals surface area (Å²) in [6.07, 6.45) is 4.79. The monoisotopic (exact) mass is 602 g/mol. The molecular weight excluding hydrogens is 564 g/mol. The van der Waals surface area contributed by atoms with Gasteiger partial charge in [-0.05, 0) is 89.1 Å². The number of likely N-dealkylation sites (tertiary alicyclic amines) is 1. The van der Waals surface area contributed by atoms with E-state index in [0.717, 1.165) is 16.5 Å². The highest BCUT2D eigenvalue weighted by Crippen LogP contribution is 2.35. The molecule has 12 heteroatoms. The molecule has 222 valence electrons. The second kappa shape index (κ2) is 11.0. The number of rotatable bonds is 5. The minimum Gasteiger partial charge on any atom is -0.444 e. The fourth-order valence-electron chi connectivity index (χ4n) is 5.70. The molecule has 3 aromatic rings. The standard InChI is InChI=1S/C29H38N4O6S2/c1-21-5-7-23(8-6-21)41(37,38)33-20-14-26-25(9-15-30-27(26)33)22-10-18-32(19-11-22)40(35,36)24-12-16-31(17-13-24)28(34)39-29(2,3)4/h5-9,14-15,20,22,24H,10-13,16-19H2,1-4H3. The van der Waals surface area contributed by atoms with Gasteiger partial charge in [0.15, 0.2) is 5.65 Å². The maximum Gasteiger partial charge on any atom is 0.410 e. The molecule has 41 heavy (non-hydrogen) atoms. The molecule has 2 saturated heterocycles. The number of piperidine rings is 2. The molecule has 4 heterocycles. The van der Waals surface area contributed by atoms with E-state index in [4.69, 9.17) is 4.74 Å². The number of aromatic nitrogens is 2. The Bertz CT molecular complexity index is 1630. The summed E-state index contributed by atoms with van der Waals surface area (Å²) in [4.78, 5) is 18.6. The summed E-state index contributed by atoms with van der Waals surface area (Å²) in [6.45, 7) is 8.83. The van der Waals surface area contributed by atoms with Gasteiger partial charge in [-0.15, -0.1) is 0 Å². The van der Waals surface area contributed by atoms with Crippen LogP contribution in [0.5, 0.6) is 0 Å². The van der Waals surface area contributed by atoms with Gasteiger partial charge in [-0.2, -0.15) is 0 Å². The lowest BCUT2D eigenvalue weighted by Gasteiger charge is -2.37. The summed E-state index contributed by atoms with van der Waals surface area (Å²) in [5.41, 5.74) is 1.73. The predicted molar refractivity (Wildman–Crippen MR) is 157 cm³/mol. The lowest BCUT2D eigenvalue weighted by atomic mass is 9.89. The van der Waals surface area contributed by atoms with Gasteiger partial charge in [0, 0.05) is 44.0 Å². The zero-order chi connectivity index (χ0) is 29.6. The summed E-state index contributed by atoms with van der Waals surface area (Å²) in [5, 5.41) is 0.241. The number of hydrogen-bond acceptors (Lipinski definition) is 7. The third kappa shape index (κ3) is 6.00. The number of carbonyl (C=O) groups excluding carboxylic acids is 1. The Morgan fingerprint density at radius 1 is 0.902 bits per heavy atom. The number of sulfonamides is 1. The molecular formula is C29H38N4O6S2. The first-order chi connectivity index (χ1) is 19.3. The van der Waals surface area contributed by atoms with E-state index in [1.807, 2.05) is 33.8 Å². The van der Waals surface area contributed by atoms with Gasteiger partial charge in [0.25, 0.3) is 10.0 Å². The number of fused-ring (bicyclic) bond motifs is 1. The minimum atomic E-state index is -3.81. The summed E-state index contributed by atoms with van der Waals surface area (Å²) in [5.74, 6) is 0.0823. The molecule has 2 aromatic heterocycles.